The zero-order chi connectivity index (χ0) is 35.7. The molecule has 8 rings (SSSR count). The first kappa shape index (κ1) is 33.9. The topological polar surface area (TPSA) is 78.1 Å². The molecule has 0 N–H and O–H groups in total. The van der Waals surface area contributed by atoms with Crippen molar-refractivity contribution in [3.8, 4) is 0 Å². The molecule has 256 valence electrons. The standard InChI is InChI=1S/C42H30N2O4S4/c45-51(46,33-21-9-3-10-22-33)43-37-27-15-13-25-35(37)41(49-31-17-5-1-6-18-31)39(43)29-30-40-42(50-32-19-7-2-8-20-32)36-26-14-16-28-38(36)44(40)52(47,48)34-23-11-4-12-24-34/h1-30H/b30-29+. The highest BCUT2D eigenvalue weighted by Gasteiger charge is 2.29. The summed E-state index contributed by atoms with van der Waals surface area (Å²) in [6.07, 6.45) is 3.48. The van der Waals surface area contributed by atoms with E-state index in [1.54, 1.807) is 84.9 Å². The van der Waals surface area contributed by atoms with Gasteiger partial charge in [-0.15, -0.1) is 0 Å². The van der Waals surface area contributed by atoms with Crippen LogP contribution >= 0.6 is 23.5 Å². The summed E-state index contributed by atoms with van der Waals surface area (Å²) >= 11 is 2.93. The fourth-order valence-electron chi connectivity index (χ4n) is 6.19. The van der Waals surface area contributed by atoms with Crippen molar-refractivity contribution in [3.63, 3.8) is 0 Å². The molecule has 8 aromatic rings. The third-order valence-corrected chi connectivity index (χ3v) is 14.3. The second kappa shape index (κ2) is 14.0. The van der Waals surface area contributed by atoms with E-state index >= 15 is 0 Å². The van der Waals surface area contributed by atoms with Crippen LogP contribution in [-0.4, -0.2) is 24.8 Å². The highest BCUT2D eigenvalue weighted by atomic mass is 32.2. The van der Waals surface area contributed by atoms with Gasteiger partial charge in [0.2, 0.25) is 0 Å². The van der Waals surface area contributed by atoms with Crippen LogP contribution in [0.1, 0.15) is 11.4 Å². The van der Waals surface area contributed by atoms with Gasteiger partial charge >= 0.3 is 0 Å². The molecule has 0 bridgehead atoms. The van der Waals surface area contributed by atoms with Gasteiger partial charge in [0.15, 0.2) is 0 Å². The molecular formula is C42H30N2O4S4. The molecule has 0 radical (unpaired) electrons. The Bertz CT molecular complexity index is 2600. The highest BCUT2D eigenvalue weighted by Crippen LogP contribution is 2.44. The molecule has 6 aromatic carbocycles. The summed E-state index contributed by atoms with van der Waals surface area (Å²) in [5, 5.41) is 1.51. The van der Waals surface area contributed by atoms with Crippen LogP contribution in [0.15, 0.2) is 199 Å². The first-order valence-corrected chi connectivity index (χ1v) is 20.9. The van der Waals surface area contributed by atoms with Crippen molar-refractivity contribution in [2.75, 3.05) is 0 Å². The van der Waals surface area contributed by atoms with Gasteiger partial charge in [-0.1, -0.05) is 133 Å². The van der Waals surface area contributed by atoms with Gasteiger partial charge < -0.3 is 0 Å². The van der Waals surface area contributed by atoms with E-state index in [1.165, 1.54) is 31.5 Å². The fourth-order valence-corrected chi connectivity index (χ4v) is 11.5. The van der Waals surface area contributed by atoms with Gasteiger partial charge in [-0.2, -0.15) is 0 Å². The third kappa shape index (κ3) is 6.17. The normalized spacial score (nSPS) is 12.2. The van der Waals surface area contributed by atoms with Gasteiger partial charge in [0.1, 0.15) is 0 Å². The summed E-state index contributed by atoms with van der Waals surface area (Å²) in [7, 11) is -8.23. The van der Waals surface area contributed by atoms with E-state index < -0.39 is 20.0 Å². The van der Waals surface area contributed by atoms with Crippen molar-refractivity contribution in [2.24, 2.45) is 0 Å². The van der Waals surface area contributed by atoms with E-state index in [4.69, 9.17) is 0 Å². The maximum Gasteiger partial charge on any atom is 0.268 e. The Kier molecular flexibility index (Phi) is 9.15. The zero-order valence-electron chi connectivity index (χ0n) is 27.5. The lowest BCUT2D eigenvalue weighted by atomic mass is 10.2. The molecule has 0 aliphatic rings. The highest BCUT2D eigenvalue weighted by molar-refractivity contribution is 8.00. The van der Waals surface area contributed by atoms with E-state index in [0.29, 0.717) is 22.4 Å². The Morgan fingerprint density at radius 2 is 0.692 bits per heavy atom. The maximum atomic E-state index is 14.6. The smallest absolute Gasteiger partial charge is 0.233 e. The number of para-hydroxylation sites is 2. The predicted molar refractivity (Wildman–Crippen MR) is 212 cm³/mol. The van der Waals surface area contributed by atoms with Gasteiger partial charge in [-0.25, -0.2) is 24.8 Å². The Morgan fingerprint density at radius 1 is 0.385 bits per heavy atom. The summed E-state index contributed by atoms with van der Waals surface area (Å²) in [6.45, 7) is 0. The summed E-state index contributed by atoms with van der Waals surface area (Å²) in [5.41, 5.74) is 1.84. The average molecular weight is 755 g/mol. The van der Waals surface area contributed by atoms with Crippen LogP contribution in [0.5, 0.6) is 0 Å². The molecule has 52 heavy (non-hydrogen) atoms. The number of aromatic nitrogens is 2. The van der Waals surface area contributed by atoms with E-state index in [-0.39, 0.29) is 9.79 Å². The lowest BCUT2D eigenvalue weighted by Gasteiger charge is -2.13. The van der Waals surface area contributed by atoms with E-state index in [0.717, 1.165) is 30.4 Å². The van der Waals surface area contributed by atoms with Crippen molar-refractivity contribution in [2.45, 2.75) is 29.4 Å². The Balaban J connectivity index is 1.44. The van der Waals surface area contributed by atoms with E-state index in [1.807, 2.05) is 97.1 Å². The second-order valence-electron chi connectivity index (χ2n) is 11.8. The molecule has 10 heteroatoms. The first-order chi connectivity index (χ1) is 25.3. The first-order valence-electron chi connectivity index (χ1n) is 16.4. The largest absolute Gasteiger partial charge is 0.268 e. The summed E-state index contributed by atoms with van der Waals surface area (Å²) in [6, 6.07) is 51.1. The minimum atomic E-state index is -4.12. The molecule has 0 amide bonds. The van der Waals surface area contributed by atoms with Gasteiger partial charge in [0.25, 0.3) is 20.0 Å². The molecule has 0 aliphatic carbocycles. The zero-order valence-corrected chi connectivity index (χ0v) is 30.7. The molecule has 0 unspecified atom stereocenters. The summed E-state index contributed by atoms with van der Waals surface area (Å²) in [4.78, 5) is 3.59. The van der Waals surface area contributed by atoms with Crippen LogP contribution in [0.4, 0.5) is 0 Å². The van der Waals surface area contributed by atoms with E-state index in [2.05, 4.69) is 0 Å². The Morgan fingerprint density at radius 3 is 1.06 bits per heavy atom. The maximum absolute atomic E-state index is 14.6. The molecular weight excluding hydrogens is 725 g/mol. The Labute approximate surface area is 311 Å². The van der Waals surface area contributed by atoms with Crippen LogP contribution in [-0.2, 0) is 20.0 Å². The van der Waals surface area contributed by atoms with Crippen molar-refractivity contribution in [1.29, 1.82) is 0 Å². The summed E-state index contributed by atoms with van der Waals surface area (Å²) in [5.74, 6) is 0. The van der Waals surface area contributed by atoms with E-state index in [9.17, 15) is 16.8 Å². The van der Waals surface area contributed by atoms with Crippen LogP contribution in [0.3, 0.4) is 0 Å². The molecule has 0 saturated carbocycles. The number of fused-ring (bicyclic) bond motifs is 2. The number of nitrogens with zero attached hydrogens (tertiary/aromatic N) is 2. The van der Waals surface area contributed by atoms with Crippen molar-refractivity contribution in [1.82, 2.24) is 7.94 Å². The Hall–Kier alpha value is -5.26. The third-order valence-electron chi connectivity index (χ3n) is 8.53. The minimum Gasteiger partial charge on any atom is -0.233 e. The average Bonchev–Trinajstić information content (AvgIpc) is 3.68. The van der Waals surface area contributed by atoms with Crippen LogP contribution < -0.4 is 0 Å². The molecule has 2 aromatic heterocycles. The van der Waals surface area contributed by atoms with Crippen molar-refractivity contribution in [3.05, 3.63) is 181 Å². The monoisotopic (exact) mass is 754 g/mol. The molecule has 0 aliphatic heterocycles. The number of hydrogen-bond acceptors (Lipinski definition) is 6. The lowest BCUT2D eigenvalue weighted by Crippen LogP contribution is -2.15. The lowest BCUT2D eigenvalue weighted by molar-refractivity contribution is 0.586. The minimum absolute atomic E-state index is 0.141. The molecule has 0 atom stereocenters. The summed E-state index contributed by atoms with van der Waals surface area (Å²) < 4.78 is 61.2. The van der Waals surface area contributed by atoms with Crippen LogP contribution in [0, 0.1) is 0 Å². The molecule has 0 fully saturated rings. The van der Waals surface area contributed by atoms with Crippen molar-refractivity contribution >= 4 is 77.5 Å². The molecule has 2 heterocycles. The van der Waals surface area contributed by atoms with Crippen LogP contribution in [0.2, 0.25) is 0 Å². The number of hydrogen-bond donors (Lipinski definition) is 0. The van der Waals surface area contributed by atoms with Gasteiger partial charge in [0.05, 0.1) is 32.2 Å². The van der Waals surface area contributed by atoms with Gasteiger partial charge in [0, 0.05) is 30.4 Å². The fraction of sp³-hybridized carbons (Fsp3) is 0. The van der Waals surface area contributed by atoms with Gasteiger partial charge in [-0.3, -0.25) is 0 Å². The quantitative estimate of drug-likeness (QED) is 0.138. The van der Waals surface area contributed by atoms with Gasteiger partial charge in [-0.05, 0) is 72.8 Å². The SMILES string of the molecule is O=S(=O)(c1ccccc1)n1c(/C=C/c2c(Sc3ccccc3)c3ccccc3n2S(=O)(=O)c2ccccc2)c(Sc2ccccc2)c2ccccc21. The number of rotatable bonds is 10. The van der Waals surface area contributed by atoms with Crippen molar-refractivity contribution < 1.29 is 16.8 Å². The second-order valence-corrected chi connectivity index (χ2v) is 17.5. The molecule has 6 nitrogen and oxygen atoms in total. The predicted octanol–water partition coefficient (Wildman–Crippen LogP) is 10.5. The van der Waals surface area contributed by atoms with Crippen LogP contribution in [0.25, 0.3) is 34.0 Å². The molecule has 0 spiro atoms. The number of benzene rings is 6. The molecule has 0 saturated heterocycles.